The van der Waals surface area contributed by atoms with E-state index < -0.39 is 5.82 Å². The van der Waals surface area contributed by atoms with Crippen molar-refractivity contribution in [1.29, 1.82) is 0 Å². The molecule has 10 heteroatoms. The van der Waals surface area contributed by atoms with Gasteiger partial charge >= 0.3 is 0 Å². The van der Waals surface area contributed by atoms with E-state index in [1.165, 1.54) is 18.2 Å². The van der Waals surface area contributed by atoms with Gasteiger partial charge in [0.1, 0.15) is 11.6 Å². The highest BCUT2D eigenvalue weighted by Crippen LogP contribution is 2.28. The average Bonchev–Trinajstić information content (AvgIpc) is 2.82. The molecule has 1 fully saturated rings. The van der Waals surface area contributed by atoms with Gasteiger partial charge in [-0.25, -0.2) is 9.37 Å². The summed E-state index contributed by atoms with van der Waals surface area (Å²) in [6.07, 6.45) is 2.03. The fraction of sp³-hybridized carbons (Fsp3) is 0.360. The lowest BCUT2D eigenvalue weighted by Gasteiger charge is -2.39. The zero-order valence-electron chi connectivity index (χ0n) is 20.2. The van der Waals surface area contributed by atoms with E-state index >= 15 is 0 Å². The summed E-state index contributed by atoms with van der Waals surface area (Å²) >= 11 is 6.03. The number of carbonyl (C=O) groups is 1. The van der Waals surface area contributed by atoms with E-state index in [9.17, 15) is 9.18 Å². The molecule has 1 aromatic carbocycles. The quantitative estimate of drug-likeness (QED) is 0.477. The summed E-state index contributed by atoms with van der Waals surface area (Å²) in [5, 5.41) is 14.8. The van der Waals surface area contributed by atoms with Crippen LogP contribution in [0.5, 0.6) is 0 Å². The molecule has 1 aliphatic rings. The molecule has 2 aromatic heterocycles. The molecule has 0 unspecified atom stereocenters. The van der Waals surface area contributed by atoms with Crippen LogP contribution in [0, 0.1) is 12.7 Å². The van der Waals surface area contributed by atoms with Gasteiger partial charge in [-0.2, -0.15) is 10.2 Å². The molecule has 0 spiro atoms. The zero-order chi connectivity index (χ0) is 25.0. The van der Waals surface area contributed by atoms with Crippen LogP contribution < -0.4 is 10.6 Å². The molecular formula is C25H30ClFN7O+. The van der Waals surface area contributed by atoms with Crippen LogP contribution in [0.3, 0.4) is 0 Å². The topological polar surface area (TPSA) is 83.0 Å². The number of nitrogens with one attached hydrogen (secondary N) is 2. The van der Waals surface area contributed by atoms with E-state index in [0.717, 1.165) is 37.2 Å². The first-order valence-electron chi connectivity index (χ1n) is 11.6. The second kappa shape index (κ2) is 10.6. The molecule has 35 heavy (non-hydrogen) atoms. The van der Waals surface area contributed by atoms with Crippen LogP contribution in [0.1, 0.15) is 12.1 Å². The number of rotatable bonds is 7. The van der Waals surface area contributed by atoms with Gasteiger partial charge in [0.2, 0.25) is 5.91 Å². The van der Waals surface area contributed by atoms with Crippen molar-refractivity contribution in [3.8, 4) is 11.3 Å². The third kappa shape index (κ3) is 6.72. The highest BCUT2D eigenvalue weighted by molar-refractivity contribution is 6.30. The number of amides is 1. The Morgan fingerprint density at radius 2 is 1.91 bits per heavy atom. The monoisotopic (exact) mass is 498 g/mol. The number of benzene rings is 1. The highest BCUT2D eigenvalue weighted by atomic mass is 35.5. The van der Waals surface area contributed by atoms with E-state index in [-0.39, 0.29) is 11.5 Å². The molecule has 0 aliphatic carbocycles. The van der Waals surface area contributed by atoms with E-state index in [1.54, 1.807) is 31.3 Å². The number of quaternary nitrogens is 1. The van der Waals surface area contributed by atoms with Gasteiger partial charge < -0.3 is 15.1 Å². The summed E-state index contributed by atoms with van der Waals surface area (Å²) in [4.78, 5) is 19.1. The number of nitrogens with zero attached hydrogens (tertiary/aromatic N) is 5. The Kier molecular flexibility index (Phi) is 7.59. The van der Waals surface area contributed by atoms with Crippen molar-refractivity contribution < 1.29 is 13.7 Å². The molecule has 0 atom stereocenters. The number of pyridine rings is 1. The Balaban J connectivity index is 1.39. The van der Waals surface area contributed by atoms with E-state index in [0.29, 0.717) is 40.0 Å². The summed E-state index contributed by atoms with van der Waals surface area (Å²) in [5.41, 5.74) is 2.64. The predicted molar refractivity (Wildman–Crippen MR) is 136 cm³/mol. The average molecular weight is 499 g/mol. The summed E-state index contributed by atoms with van der Waals surface area (Å²) in [6, 6.07) is 9.55. The second-order valence-electron chi connectivity index (χ2n) is 9.43. The van der Waals surface area contributed by atoms with Gasteiger partial charge in [0.25, 0.3) is 0 Å². The Morgan fingerprint density at radius 1 is 1.14 bits per heavy atom. The number of hydrogen-bond acceptors (Lipinski definition) is 6. The van der Waals surface area contributed by atoms with Crippen LogP contribution >= 0.6 is 11.6 Å². The standard InChI is InChI=1S/C25H29ClFN7O/c1-17-22(16-23(32-31-17)20-14-18(26)4-5-21(20)27)29-19-6-8-28-24(15-19)30-25(35)7-9-33-10-12-34(2,3)13-11-33/h4-6,8,14-16H,7,9-13H2,1-3H3,(H-,28,29,30,32,35)/p+1. The Hall–Kier alpha value is -3.14. The molecular weight excluding hydrogens is 469 g/mol. The summed E-state index contributed by atoms with van der Waals surface area (Å²) in [7, 11) is 4.47. The van der Waals surface area contributed by atoms with Gasteiger partial charge in [0.05, 0.1) is 44.3 Å². The molecule has 3 aromatic rings. The molecule has 2 N–H and O–H groups in total. The van der Waals surface area contributed by atoms with Crippen LogP contribution in [0.4, 0.5) is 21.6 Å². The van der Waals surface area contributed by atoms with Crippen molar-refractivity contribution in [3.05, 3.63) is 59.1 Å². The molecule has 1 aliphatic heterocycles. The van der Waals surface area contributed by atoms with Crippen LogP contribution in [0.25, 0.3) is 11.3 Å². The van der Waals surface area contributed by atoms with Crippen LogP contribution in [0.2, 0.25) is 5.02 Å². The Morgan fingerprint density at radius 3 is 2.69 bits per heavy atom. The number of aryl methyl sites for hydroxylation is 1. The molecule has 0 bridgehead atoms. The van der Waals surface area contributed by atoms with Crippen molar-refractivity contribution >= 4 is 34.7 Å². The van der Waals surface area contributed by atoms with Crippen molar-refractivity contribution in [1.82, 2.24) is 20.1 Å². The highest BCUT2D eigenvalue weighted by Gasteiger charge is 2.24. The number of piperazine rings is 1. The molecule has 4 rings (SSSR count). The number of halogens is 2. The minimum absolute atomic E-state index is 0.0746. The predicted octanol–water partition coefficient (Wildman–Crippen LogP) is 4.10. The molecule has 0 radical (unpaired) electrons. The van der Waals surface area contributed by atoms with Crippen molar-refractivity contribution in [3.63, 3.8) is 0 Å². The lowest BCUT2D eigenvalue weighted by Crippen LogP contribution is -2.55. The maximum atomic E-state index is 14.3. The fourth-order valence-corrected chi connectivity index (χ4v) is 4.05. The zero-order valence-corrected chi connectivity index (χ0v) is 20.9. The first kappa shape index (κ1) is 25.0. The normalized spacial score (nSPS) is 15.6. The van der Waals surface area contributed by atoms with Gasteiger partial charge in [-0.1, -0.05) is 11.6 Å². The molecule has 1 saturated heterocycles. The second-order valence-corrected chi connectivity index (χ2v) is 9.87. The minimum atomic E-state index is -0.431. The third-order valence-corrected chi connectivity index (χ3v) is 6.42. The van der Waals surface area contributed by atoms with Crippen LogP contribution in [0.15, 0.2) is 42.6 Å². The molecule has 184 valence electrons. The Labute approximate surface area is 209 Å². The summed E-state index contributed by atoms with van der Waals surface area (Å²) in [5.74, 6) is -0.0496. The number of carbonyl (C=O) groups excluding carboxylic acids is 1. The molecule has 0 saturated carbocycles. The van der Waals surface area contributed by atoms with Gasteiger partial charge in [0, 0.05) is 54.6 Å². The molecule has 8 nitrogen and oxygen atoms in total. The van der Waals surface area contributed by atoms with Crippen molar-refractivity contribution in [2.75, 3.05) is 57.5 Å². The maximum Gasteiger partial charge on any atom is 0.226 e. The lowest BCUT2D eigenvalue weighted by atomic mass is 10.1. The van der Waals surface area contributed by atoms with Gasteiger partial charge in [-0.3, -0.25) is 9.69 Å². The first-order chi connectivity index (χ1) is 16.7. The molecule has 3 heterocycles. The van der Waals surface area contributed by atoms with Gasteiger partial charge in [-0.05, 0) is 37.3 Å². The van der Waals surface area contributed by atoms with E-state index in [4.69, 9.17) is 11.6 Å². The first-order valence-corrected chi connectivity index (χ1v) is 11.9. The van der Waals surface area contributed by atoms with Crippen LogP contribution in [-0.4, -0.2) is 77.3 Å². The minimum Gasteiger partial charge on any atom is -0.354 e. The summed E-state index contributed by atoms with van der Waals surface area (Å²) in [6.45, 7) is 6.71. The van der Waals surface area contributed by atoms with Crippen LogP contribution in [-0.2, 0) is 4.79 Å². The van der Waals surface area contributed by atoms with Crippen molar-refractivity contribution in [2.45, 2.75) is 13.3 Å². The maximum absolute atomic E-state index is 14.3. The SMILES string of the molecule is Cc1nnc(-c2cc(Cl)ccc2F)cc1Nc1ccnc(NC(=O)CCN2CC[N+](C)(C)CC2)c1. The van der Waals surface area contributed by atoms with Crippen molar-refractivity contribution in [2.24, 2.45) is 0 Å². The summed E-state index contributed by atoms with van der Waals surface area (Å²) < 4.78 is 15.3. The van der Waals surface area contributed by atoms with E-state index in [2.05, 4.69) is 44.8 Å². The van der Waals surface area contributed by atoms with Gasteiger partial charge in [0.15, 0.2) is 0 Å². The number of hydrogen-bond donors (Lipinski definition) is 2. The third-order valence-electron chi connectivity index (χ3n) is 6.19. The van der Waals surface area contributed by atoms with E-state index in [1.807, 2.05) is 0 Å². The number of anilines is 3. The largest absolute Gasteiger partial charge is 0.354 e. The number of likely N-dealkylation sites (N-methyl/N-ethyl adjacent to an activating group) is 1. The number of aromatic nitrogens is 3. The van der Waals surface area contributed by atoms with Gasteiger partial charge in [-0.15, -0.1) is 0 Å². The fourth-order valence-electron chi connectivity index (χ4n) is 3.87. The molecule has 1 amide bonds. The lowest BCUT2D eigenvalue weighted by molar-refractivity contribution is -0.894. The Bertz CT molecular complexity index is 1210. The smallest absolute Gasteiger partial charge is 0.226 e.